The molecule has 1 fully saturated rings. The predicted octanol–water partition coefficient (Wildman–Crippen LogP) is 1.09. The maximum atomic E-state index is 13.7. The van der Waals surface area contributed by atoms with E-state index in [-0.39, 0.29) is 24.2 Å². The molecule has 0 spiro atoms. The molecule has 4 aromatic heterocycles. The molecule has 1 atom stereocenters. The Morgan fingerprint density at radius 2 is 2.23 bits per heavy atom. The van der Waals surface area contributed by atoms with Crippen LogP contribution in [0.25, 0.3) is 17.2 Å². The predicted molar refractivity (Wildman–Crippen MR) is 107 cm³/mol. The third-order valence-electron chi connectivity index (χ3n) is 5.18. The molecule has 0 radical (unpaired) electrons. The van der Waals surface area contributed by atoms with Crippen molar-refractivity contribution >= 4 is 17.4 Å². The third kappa shape index (κ3) is 4.04. The Hall–Kier alpha value is -3.96. The molecule has 11 nitrogen and oxygen atoms in total. The summed E-state index contributed by atoms with van der Waals surface area (Å²) >= 11 is 0. The molecule has 0 bridgehead atoms. The monoisotopic (exact) mass is 422 g/mol. The average Bonchev–Trinajstić information content (AvgIpc) is 3.43. The molecule has 5 rings (SSSR count). The number of nitrogens with one attached hydrogen (secondary N) is 2. The van der Waals surface area contributed by atoms with Crippen molar-refractivity contribution in [1.29, 1.82) is 0 Å². The highest BCUT2D eigenvalue weighted by Gasteiger charge is 2.25. The summed E-state index contributed by atoms with van der Waals surface area (Å²) in [5.41, 5.74) is 1.21. The van der Waals surface area contributed by atoms with Gasteiger partial charge in [0, 0.05) is 31.5 Å². The number of aromatic amines is 1. The summed E-state index contributed by atoms with van der Waals surface area (Å²) in [6.45, 7) is 1.24. The van der Waals surface area contributed by atoms with E-state index in [4.69, 9.17) is 0 Å². The number of amides is 1. The minimum atomic E-state index is -0.367. The Labute approximate surface area is 175 Å². The SMILES string of the molecule is O=C(Cc1nn[nH]n1)N1CCCC(Nc2ccnc(-c3cnc4ccc(F)cn34)n2)C1. The van der Waals surface area contributed by atoms with Gasteiger partial charge in [-0.1, -0.05) is 5.21 Å². The van der Waals surface area contributed by atoms with Gasteiger partial charge in [0.1, 0.15) is 23.0 Å². The number of pyridine rings is 1. The number of imidazole rings is 1. The van der Waals surface area contributed by atoms with E-state index in [1.54, 1.807) is 33.8 Å². The smallest absolute Gasteiger partial charge is 0.230 e. The number of carbonyl (C=O) groups excluding carboxylic acids is 1. The van der Waals surface area contributed by atoms with Crippen LogP contribution in [0.1, 0.15) is 18.7 Å². The number of anilines is 1. The largest absolute Gasteiger partial charge is 0.365 e. The zero-order valence-corrected chi connectivity index (χ0v) is 16.4. The van der Waals surface area contributed by atoms with Crippen molar-refractivity contribution in [3.05, 3.63) is 48.4 Å². The molecular weight excluding hydrogens is 403 g/mol. The van der Waals surface area contributed by atoms with Crippen LogP contribution in [0.2, 0.25) is 0 Å². The van der Waals surface area contributed by atoms with Gasteiger partial charge in [-0.3, -0.25) is 9.20 Å². The second kappa shape index (κ2) is 8.05. The standard InChI is InChI=1S/C19H19FN10O/c20-12-3-4-17-22-9-14(30(17)10-12)19-21-6-5-15(24-19)23-13-2-1-7-29(11-13)18(31)8-16-25-27-28-26-16/h3-6,9-10,13H,1-2,7-8,11H2,(H,21,23,24)(H,25,26,27,28). The van der Waals surface area contributed by atoms with E-state index < -0.39 is 0 Å². The highest BCUT2D eigenvalue weighted by Crippen LogP contribution is 2.20. The van der Waals surface area contributed by atoms with Crippen molar-refractivity contribution in [2.75, 3.05) is 18.4 Å². The lowest BCUT2D eigenvalue weighted by molar-refractivity contribution is -0.131. The van der Waals surface area contributed by atoms with Crippen LogP contribution in [0.3, 0.4) is 0 Å². The van der Waals surface area contributed by atoms with Crippen molar-refractivity contribution in [3.8, 4) is 11.5 Å². The zero-order valence-electron chi connectivity index (χ0n) is 16.4. The lowest BCUT2D eigenvalue weighted by Crippen LogP contribution is -2.45. The number of hydrogen-bond acceptors (Lipinski definition) is 8. The van der Waals surface area contributed by atoms with Gasteiger partial charge in [0.2, 0.25) is 5.91 Å². The molecular formula is C19H19FN10O. The van der Waals surface area contributed by atoms with Crippen molar-refractivity contribution < 1.29 is 9.18 Å². The molecule has 1 unspecified atom stereocenters. The fraction of sp³-hybridized carbons (Fsp3) is 0.316. The number of hydrogen-bond donors (Lipinski definition) is 2. The molecule has 12 heteroatoms. The van der Waals surface area contributed by atoms with Gasteiger partial charge < -0.3 is 10.2 Å². The van der Waals surface area contributed by atoms with Crippen molar-refractivity contribution in [1.82, 2.24) is 44.9 Å². The topological polar surface area (TPSA) is 130 Å². The molecule has 1 aliphatic heterocycles. The molecule has 2 N–H and O–H groups in total. The van der Waals surface area contributed by atoms with E-state index in [9.17, 15) is 9.18 Å². The summed E-state index contributed by atoms with van der Waals surface area (Å²) in [6, 6.07) is 4.78. The van der Waals surface area contributed by atoms with E-state index in [2.05, 4.69) is 40.9 Å². The molecule has 158 valence electrons. The van der Waals surface area contributed by atoms with Crippen LogP contribution >= 0.6 is 0 Å². The first-order valence-corrected chi connectivity index (χ1v) is 9.88. The van der Waals surface area contributed by atoms with Gasteiger partial charge in [-0.25, -0.2) is 19.3 Å². The summed E-state index contributed by atoms with van der Waals surface area (Å²) in [5.74, 6) is 1.04. The summed E-state index contributed by atoms with van der Waals surface area (Å²) in [4.78, 5) is 27.5. The first kappa shape index (κ1) is 19.0. The quantitative estimate of drug-likeness (QED) is 0.489. The number of likely N-dealkylation sites (tertiary alicyclic amines) is 1. The number of tetrazole rings is 1. The number of rotatable bonds is 5. The van der Waals surface area contributed by atoms with Gasteiger partial charge >= 0.3 is 0 Å². The third-order valence-corrected chi connectivity index (χ3v) is 5.18. The van der Waals surface area contributed by atoms with E-state index in [0.29, 0.717) is 41.9 Å². The fourth-order valence-electron chi connectivity index (χ4n) is 3.72. The average molecular weight is 422 g/mol. The van der Waals surface area contributed by atoms with Crippen molar-refractivity contribution in [2.45, 2.75) is 25.3 Å². The molecule has 0 aliphatic carbocycles. The van der Waals surface area contributed by atoms with Gasteiger partial charge in [0.05, 0.1) is 12.6 Å². The normalized spacial score (nSPS) is 16.5. The first-order chi connectivity index (χ1) is 15.2. The number of halogens is 1. The molecule has 0 aromatic carbocycles. The molecule has 1 aliphatic rings. The van der Waals surface area contributed by atoms with E-state index in [1.807, 2.05) is 0 Å². The van der Waals surface area contributed by atoms with Gasteiger partial charge in [0.15, 0.2) is 11.6 Å². The summed E-state index contributed by atoms with van der Waals surface area (Å²) in [5, 5.41) is 16.9. The molecule has 1 saturated heterocycles. The van der Waals surface area contributed by atoms with Gasteiger partial charge in [-0.15, -0.1) is 10.2 Å². The van der Waals surface area contributed by atoms with Crippen LogP contribution in [0.5, 0.6) is 0 Å². The summed E-state index contributed by atoms with van der Waals surface area (Å²) in [6.07, 6.45) is 6.52. The lowest BCUT2D eigenvalue weighted by Gasteiger charge is -2.33. The lowest BCUT2D eigenvalue weighted by atomic mass is 10.1. The number of fused-ring (bicyclic) bond motifs is 1. The Balaban J connectivity index is 1.30. The Bertz CT molecular complexity index is 1210. The number of aromatic nitrogens is 8. The van der Waals surface area contributed by atoms with Crippen LogP contribution in [0.15, 0.2) is 36.8 Å². The second-order valence-electron chi connectivity index (χ2n) is 7.31. The number of nitrogens with zero attached hydrogens (tertiary/aromatic N) is 8. The molecule has 1 amide bonds. The number of carbonyl (C=O) groups is 1. The van der Waals surface area contributed by atoms with Crippen LogP contribution in [-0.2, 0) is 11.2 Å². The number of piperidine rings is 1. The van der Waals surface area contributed by atoms with E-state index >= 15 is 0 Å². The minimum Gasteiger partial charge on any atom is -0.365 e. The molecule has 4 aromatic rings. The van der Waals surface area contributed by atoms with Crippen molar-refractivity contribution in [3.63, 3.8) is 0 Å². The highest BCUT2D eigenvalue weighted by molar-refractivity contribution is 5.78. The van der Waals surface area contributed by atoms with E-state index in [1.165, 1.54) is 12.3 Å². The number of H-pyrrole nitrogens is 1. The summed E-state index contributed by atoms with van der Waals surface area (Å²) < 4.78 is 15.3. The zero-order chi connectivity index (χ0) is 21.2. The molecule has 0 saturated carbocycles. The van der Waals surface area contributed by atoms with E-state index in [0.717, 1.165) is 12.8 Å². The van der Waals surface area contributed by atoms with Gasteiger partial charge in [-0.2, -0.15) is 5.21 Å². The van der Waals surface area contributed by atoms with Crippen molar-refractivity contribution in [2.24, 2.45) is 0 Å². The summed E-state index contributed by atoms with van der Waals surface area (Å²) in [7, 11) is 0. The maximum Gasteiger partial charge on any atom is 0.230 e. The molecule has 31 heavy (non-hydrogen) atoms. The molecule has 5 heterocycles. The van der Waals surface area contributed by atoms with Crippen LogP contribution < -0.4 is 5.32 Å². The minimum absolute atomic E-state index is 0.0379. The highest BCUT2D eigenvalue weighted by atomic mass is 19.1. The van der Waals surface area contributed by atoms with Crippen LogP contribution in [0.4, 0.5) is 10.2 Å². The fourth-order valence-corrected chi connectivity index (χ4v) is 3.72. The first-order valence-electron chi connectivity index (χ1n) is 9.88. The van der Waals surface area contributed by atoms with Crippen LogP contribution in [-0.4, -0.2) is 69.9 Å². The Kier molecular flexibility index (Phi) is 4.94. The van der Waals surface area contributed by atoms with Crippen LogP contribution in [0, 0.1) is 5.82 Å². The van der Waals surface area contributed by atoms with Gasteiger partial charge in [-0.05, 0) is 31.0 Å². The van der Waals surface area contributed by atoms with Gasteiger partial charge in [0.25, 0.3) is 0 Å². The Morgan fingerprint density at radius 3 is 3.10 bits per heavy atom. The Morgan fingerprint density at radius 1 is 1.29 bits per heavy atom. The maximum absolute atomic E-state index is 13.7. The second-order valence-corrected chi connectivity index (χ2v) is 7.31.